The van der Waals surface area contributed by atoms with Crippen LogP contribution in [0.3, 0.4) is 0 Å². The Kier molecular flexibility index (Phi) is 4.01. The average Bonchev–Trinajstić information content (AvgIpc) is 2.41. The molecular weight excluding hydrogens is 275 g/mol. The minimum absolute atomic E-state index is 0.0636. The summed E-state index contributed by atoms with van der Waals surface area (Å²) in [7, 11) is 0. The summed E-state index contributed by atoms with van der Waals surface area (Å²) < 4.78 is 19.3. The standard InChI is InChI=1S/C12H10ClFN2O3/c13-10-9(14)11(17)16(12(18)15-10)6-7-19-8-4-2-1-3-5-8/h1-5H,6-7H2,(H,15,18). The van der Waals surface area contributed by atoms with Gasteiger partial charge in [-0.25, -0.2) is 4.79 Å². The van der Waals surface area contributed by atoms with Crippen molar-refractivity contribution in [2.45, 2.75) is 6.54 Å². The molecule has 1 aromatic carbocycles. The SMILES string of the molecule is O=c1[nH]c(Cl)c(F)c(=O)n1CCOc1ccccc1. The number of halogens is 2. The van der Waals surface area contributed by atoms with Gasteiger partial charge in [0.05, 0.1) is 6.54 Å². The van der Waals surface area contributed by atoms with E-state index < -0.39 is 22.2 Å². The van der Waals surface area contributed by atoms with Crippen LogP contribution in [-0.4, -0.2) is 16.2 Å². The van der Waals surface area contributed by atoms with Gasteiger partial charge in [0.2, 0.25) is 5.82 Å². The third kappa shape index (κ3) is 3.03. The van der Waals surface area contributed by atoms with E-state index >= 15 is 0 Å². The first-order valence-corrected chi connectivity index (χ1v) is 5.83. The molecule has 0 aliphatic heterocycles. The van der Waals surface area contributed by atoms with E-state index in [1.807, 2.05) is 11.1 Å². The van der Waals surface area contributed by atoms with Crippen molar-refractivity contribution in [3.8, 4) is 5.75 Å². The van der Waals surface area contributed by atoms with Gasteiger partial charge in [0.15, 0.2) is 5.15 Å². The molecule has 1 heterocycles. The number of benzene rings is 1. The molecule has 5 nitrogen and oxygen atoms in total. The minimum Gasteiger partial charge on any atom is -0.492 e. The molecule has 0 unspecified atom stereocenters. The lowest BCUT2D eigenvalue weighted by atomic mass is 10.3. The molecule has 19 heavy (non-hydrogen) atoms. The molecule has 1 N–H and O–H groups in total. The number of nitrogens with one attached hydrogen (secondary N) is 1. The number of ether oxygens (including phenoxy) is 1. The van der Waals surface area contributed by atoms with E-state index in [1.54, 1.807) is 24.3 Å². The summed E-state index contributed by atoms with van der Waals surface area (Å²) in [6, 6.07) is 8.87. The van der Waals surface area contributed by atoms with Crippen molar-refractivity contribution in [1.82, 2.24) is 9.55 Å². The van der Waals surface area contributed by atoms with Crippen molar-refractivity contribution >= 4 is 11.6 Å². The lowest BCUT2D eigenvalue weighted by Gasteiger charge is -2.07. The molecule has 0 aliphatic rings. The average molecular weight is 285 g/mol. The highest BCUT2D eigenvalue weighted by Gasteiger charge is 2.11. The zero-order chi connectivity index (χ0) is 13.8. The molecule has 0 aliphatic carbocycles. The molecule has 0 amide bonds. The highest BCUT2D eigenvalue weighted by atomic mass is 35.5. The predicted octanol–water partition coefficient (Wildman–Crippen LogP) is 1.41. The molecule has 0 fully saturated rings. The number of hydrogen-bond acceptors (Lipinski definition) is 3. The van der Waals surface area contributed by atoms with Gasteiger partial charge in [-0.05, 0) is 12.1 Å². The van der Waals surface area contributed by atoms with E-state index in [0.717, 1.165) is 0 Å². The second kappa shape index (κ2) is 5.71. The van der Waals surface area contributed by atoms with E-state index in [4.69, 9.17) is 16.3 Å². The molecule has 0 saturated heterocycles. The molecule has 0 atom stereocenters. The Hall–Kier alpha value is -2.08. The van der Waals surface area contributed by atoms with Gasteiger partial charge < -0.3 is 4.74 Å². The quantitative estimate of drug-likeness (QED) is 0.864. The lowest BCUT2D eigenvalue weighted by molar-refractivity contribution is 0.291. The van der Waals surface area contributed by atoms with Gasteiger partial charge in [-0.1, -0.05) is 29.8 Å². The molecule has 2 rings (SSSR count). The Bertz CT molecular complexity index is 682. The van der Waals surface area contributed by atoms with Gasteiger partial charge in [-0.2, -0.15) is 4.39 Å². The summed E-state index contributed by atoms with van der Waals surface area (Å²) in [5, 5.41) is -0.588. The Labute approximate surface area is 112 Å². The first-order chi connectivity index (χ1) is 9.09. The number of aromatic nitrogens is 2. The zero-order valence-corrected chi connectivity index (χ0v) is 10.5. The second-order valence-electron chi connectivity index (χ2n) is 3.68. The van der Waals surface area contributed by atoms with Crippen LogP contribution in [0, 0.1) is 5.82 Å². The van der Waals surface area contributed by atoms with Crippen LogP contribution < -0.4 is 16.0 Å². The topological polar surface area (TPSA) is 64.1 Å². The van der Waals surface area contributed by atoms with Gasteiger partial charge in [-0.3, -0.25) is 14.3 Å². The molecule has 2 aromatic rings. The minimum atomic E-state index is -1.18. The fourth-order valence-electron chi connectivity index (χ4n) is 1.50. The van der Waals surface area contributed by atoms with Crippen LogP contribution >= 0.6 is 11.6 Å². The largest absolute Gasteiger partial charge is 0.492 e. The van der Waals surface area contributed by atoms with Crippen LogP contribution in [0.2, 0.25) is 5.15 Å². The summed E-state index contributed by atoms with van der Waals surface area (Å²) in [4.78, 5) is 25.0. The van der Waals surface area contributed by atoms with Gasteiger partial charge >= 0.3 is 5.69 Å². The molecule has 1 aromatic heterocycles. The molecule has 7 heteroatoms. The third-order valence-electron chi connectivity index (χ3n) is 2.41. The maximum Gasteiger partial charge on any atom is 0.329 e. The lowest BCUT2D eigenvalue weighted by Crippen LogP contribution is -2.38. The number of rotatable bonds is 4. The van der Waals surface area contributed by atoms with Crippen molar-refractivity contribution in [1.29, 1.82) is 0 Å². The van der Waals surface area contributed by atoms with Crippen LogP contribution in [-0.2, 0) is 6.54 Å². The molecule has 0 saturated carbocycles. The van der Waals surface area contributed by atoms with E-state index in [1.165, 1.54) is 0 Å². The summed E-state index contributed by atoms with van der Waals surface area (Å²) in [5.41, 5.74) is -1.83. The van der Waals surface area contributed by atoms with Gasteiger partial charge in [0.1, 0.15) is 12.4 Å². The van der Waals surface area contributed by atoms with Crippen molar-refractivity contribution in [3.05, 3.63) is 62.1 Å². The Morgan fingerprint density at radius 3 is 2.63 bits per heavy atom. The van der Waals surface area contributed by atoms with Crippen molar-refractivity contribution in [2.75, 3.05) is 6.61 Å². The van der Waals surface area contributed by atoms with Crippen molar-refractivity contribution in [2.24, 2.45) is 0 Å². The third-order valence-corrected chi connectivity index (χ3v) is 2.67. The Morgan fingerprint density at radius 1 is 1.26 bits per heavy atom. The summed E-state index contributed by atoms with van der Waals surface area (Å²) in [6.07, 6.45) is 0. The fourth-order valence-corrected chi connectivity index (χ4v) is 1.66. The van der Waals surface area contributed by atoms with Gasteiger partial charge in [-0.15, -0.1) is 0 Å². The fraction of sp³-hybridized carbons (Fsp3) is 0.167. The monoisotopic (exact) mass is 284 g/mol. The molecule has 0 spiro atoms. The summed E-state index contributed by atoms with van der Waals surface area (Å²) in [6.45, 7) is -0.00871. The van der Waals surface area contributed by atoms with Crippen LogP contribution in [0.4, 0.5) is 4.39 Å². The maximum absolute atomic E-state index is 13.2. The zero-order valence-electron chi connectivity index (χ0n) is 9.73. The second-order valence-corrected chi connectivity index (χ2v) is 4.05. The number of nitrogens with zero attached hydrogens (tertiary/aromatic N) is 1. The van der Waals surface area contributed by atoms with Crippen molar-refractivity contribution in [3.63, 3.8) is 0 Å². The number of H-pyrrole nitrogens is 1. The van der Waals surface area contributed by atoms with E-state index in [9.17, 15) is 14.0 Å². The summed E-state index contributed by atoms with van der Waals surface area (Å²) >= 11 is 5.35. The van der Waals surface area contributed by atoms with Crippen molar-refractivity contribution < 1.29 is 9.13 Å². The van der Waals surface area contributed by atoms with Crippen LogP contribution in [0.25, 0.3) is 0 Å². The normalized spacial score (nSPS) is 10.4. The first kappa shape index (κ1) is 13.4. The molecule has 100 valence electrons. The van der Waals surface area contributed by atoms with E-state index in [0.29, 0.717) is 10.3 Å². The van der Waals surface area contributed by atoms with Crippen LogP contribution in [0.1, 0.15) is 0 Å². The Morgan fingerprint density at radius 2 is 1.95 bits per heavy atom. The summed E-state index contributed by atoms with van der Waals surface area (Å²) in [5.74, 6) is -0.581. The van der Waals surface area contributed by atoms with Gasteiger partial charge in [0, 0.05) is 0 Å². The molecule has 0 bridgehead atoms. The van der Waals surface area contributed by atoms with E-state index in [2.05, 4.69) is 0 Å². The highest BCUT2D eigenvalue weighted by Crippen LogP contribution is 2.08. The van der Waals surface area contributed by atoms with Crippen LogP contribution in [0.5, 0.6) is 5.75 Å². The molecule has 0 radical (unpaired) electrons. The Balaban J connectivity index is 2.11. The number of aromatic amines is 1. The van der Waals surface area contributed by atoms with E-state index in [-0.39, 0.29) is 13.2 Å². The molecular formula is C12H10ClFN2O3. The number of para-hydroxylation sites is 1. The predicted molar refractivity (Wildman–Crippen MR) is 68.2 cm³/mol. The maximum atomic E-state index is 13.2. The first-order valence-electron chi connectivity index (χ1n) is 5.45. The highest BCUT2D eigenvalue weighted by molar-refractivity contribution is 6.29. The number of hydrogen-bond donors (Lipinski definition) is 1. The smallest absolute Gasteiger partial charge is 0.329 e. The van der Waals surface area contributed by atoms with Crippen LogP contribution in [0.15, 0.2) is 39.9 Å². The van der Waals surface area contributed by atoms with Gasteiger partial charge in [0.25, 0.3) is 5.56 Å².